The Balaban J connectivity index is 1.84. The highest BCUT2D eigenvalue weighted by atomic mass is 32.1. The molecule has 1 atom stereocenters. The second-order valence-electron chi connectivity index (χ2n) is 8.08. The molecule has 27 heavy (non-hydrogen) atoms. The predicted octanol–water partition coefficient (Wildman–Crippen LogP) is 5.75. The average Bonchev–Trinajstić information content (AvgIpc) is 2.88. The summed E-state index contributed by atoms with van der Waals surface area (Å²) in [5.74, 6) is 0.0703. The number of halogens is 3. The molecule has 1 heterocycles. The van der Waals surface area contributed by atoms with Gasteiger partial charge in [0.05, 0.1) is 16.1 Å². The van der Waals surface area contributed by atoms with E-state index in [0.29, 0.717) is 16.5 Å². The summed E-state index contributed by atoms with van der Waals surface area (Å²) in [6.07, 6.45) is -1.85. The summed E-state index contributed by atoms with van der Waals surface area (Å²) >= 11 is 1.42. The Bertz CT molecular complexity index is 865. The molecule has 2 aromatic rings. The molecule has 1 aliphatic rings. The molecule has 0 fully saturated rings. The van der Waals surface area contributed by atoms with E-state index in [4.69, 9.17) is 5.73 Å². The fraction of sp³-hybridized carbons (Fsp3) is 0.450. The van der Waals surface area contributed by atoms with Crippen LogP contribution < -0.4 is 11.1 Å². The number of fused-ring (bicyclic) bond motifs is 1. The van der Waals surface area contributed by atoms with Crippen LogP contribution in [0.3, 0.4) is 0 Å². The van der Waals surface area contributed by atoms with E-state index < -0.39 is 17.6 Å². The molecule has 3 N–H and O–H groups in total. The fourth-order valence-corrected chi connectivity index (χ4v) is 4.76. The smallest absolute Gasteiger partial charge is 0.390 e. The summed E-state index contributed by atoms with van der Waals surface area (Å²) in [5.41, 5.74) is 6.96. The Morgan fingerprint density at radius 2 is 1.96 bits per heavy atom. The van der Waals surface area contributed by atoms with Gasteiger partial charge in [-0.2, -0.15) is 13.2 Å². The summed E-state index contributed by atoms with van der Waals surface area (Å²) in [4.78, 5) is 13.9. The number of hydrogen-bond acceptors (Lipinski definition) is 3. The number of nitrogens with one attached hydrogen (secondary N) is 1. The first-order chi connectivity index (χ1) is 12.5. The molecule has 0 radical (unpaired) electrons. The summed E-state index contributed by atoms with van der Waals surface area (Å²) in [6.45, 7) is 6.63. The van der Waals surface area contributed by atoms with Crippen LogP contribution in [-0.4, -0.2) is 5.91 Å². The van der Waals surface area contributed by atoms with Crippen molar-refractivity contribution in [1.29, 1.82) is 0 Å². The van der Waals surface area contributed by atoms with Crippen LogP contribution in [0.15, 0.2) is 24.3 Å². The Labute approximate surface area is 160 Å². The van der Waals surface area contributed by atoms with Crippen LogP contribution in [0, 0.1) is 11.3 Å². The average molecular weight is 396 g/mol. The van der Waals surface area contributed by atoms with Crippen LogP contribution in [0.5, 0.6) is 0 Å². The van der Waals surface area contributed by atoms with Crippen LogP contribution in [0.2, 0.25) is 0 Å². The van der Waals surface area contributed by atoms with Gasteiger partial charge < -0.3 is 11.1 Å². The molecule has 1 aromatic heterocycles. The van der Waals surface area contributed by atoms with Gasteiger partial charge in [-0.1, -0.05) is 26.8 Å². The highest BCUT2D eigenvalue weighted by Gasteiger charge is 2.34. The normalized spacial score (nSPS) is 17.5. The third-order valence-electron chi connectivity index (χ3n) is 5.19. The van der Waals surface area contributed by atoms with Crippen LogP contribution in [0.25, 0.3) is 0 Å². The number of benzene rings is 1. The second-order valence-corrected chi connectivity index (χ2v) is 9.22. The number of rotatable bonds is 2. The highest BCUT2D eigenvalue weighted by molar-refractivity contribution is 7.16. The standard InChI is InChI=1S/C20H23F3N2OS/c1-19(2,3)11-7-8-14-15(10-11)27-17(24)16(14)18(26)25-13-6-4-5-12(9-13)20(21,22)23/h4-6,9,11H,7-8,10,24H2,1-3H3,(H,25,26)/t11-/m0/s1. The summed E-state index contributed by atoms with van der Waals surface area (Å²) in [6, 6.07) is 4.63. The maximum absolute atomic E-state index is 12.9. The van der Waals surface area contributed by atoms with Crippen LogP contribution in [0.1, 0.15) is 53.6 Å². The largest absolute Gasteiger partial charge is 0.416 e. The number of anilines is 2. The molecular formula is C20H23F3N2OS. The molecule has 3 nitrogen and oxygen atoms in total. The van der Waals surface area contributed by atoms with Gasteiger partial charge in [-0.15, -0.1) is 11.3 Å². The van der Waals surface area contributed by atoms with E-state index in [1.54, 1.807) is 0 Å². The first-order valence-corrected chi connectivity index (χ1v) is 9.67. The first-order valence-electron chi connectivity index (χ1n) is 8.85. The number of alkyl halides is 3. The maximum atomic E-state index is 12.9. The number of nitrogen functional groups attached to an aromatic ring is 1. The Hall–Kier alpha value is -2.02. The molecular weight excluding hydrogens is 373 g/mol. The topological polar surface area (TPSA) is 55.1 Å². The minimum atomic E-state index is -4.46. The lowest BCUT2D eigenvalue weighted by atomic mass is 9.72. The van der Waals surface area contributed by atoms with Crippen molar-refractivity contribution in [2.75, 3.05) is 11.1 Å². The Kier molecular flexibility index (Phi) is 5.01. The van der Waals surface area contributed by atoms with Crippen molar-refractivity contribution < 1.29 is 18.0 Å². The predicted molar refractivity (Wildman–Crippen MR) is 103 cm³/mol. The molecule has 0 bridgehead atoms. The van der Waals surface area contributed by atoms with Crippen LogP contribution >= 0.6 is 11.3 Å². The van der Waals surface area contributed by atoms with E-state index in [1.165, 1.54) is 23.5 Å². The molecule has 146 valence electrons. The van der Waals surface area contributed by atoms with Gasteiger partial charge in [-0.3, -0.25) is 4.79 Å². The molecule has 0 unspecified atom stereocenters. The van der Waals surface area contributed by atoms with E-state index in [1.807, 2.05) is 0 Å². The molecule has 7 heteroatoms. The van der Waals surface area contributed by atoms with Crippen molar-refractivity contribution in [1.82, 2.24) is 0 Å². The number of carbonyl (C=O) groups is 1. The third-order valence-corrected chi connectivity index (χ3v) is 6.28. The lowest BCUT2D eigenvalue weighted by Crippen LogP contribution is -2.27. The summed E-state index contributed by atoms with van der Waals surface area (Å²) in [7, 11) is 0. The Morgan fingerprint density at radius 1 is 1.26 bits per heavy atom. The minimum absolute atomic E-state index is 0.109. The number of carbonyl (C=O) groups excluding carboxylic acids is 1. The highest BCUT2D eigenvalue weighted by Crippen LogP contribution is 2.43. The number of hydrogen-bond donors (Lipinski definition) is 2. The monoisotopic (exact) mass is 396 g/mol. The lowest BCUT2D eigenvalue weighted by Gasteiger charge is -2.33. The first kappa shape index (κ1) is 19.7. The van der Waals surface area contributed by atoms with E-state index in [-0.39, 0.29) is 11.1 Å². The zero-order chi connectivity index (χ0) is 20.0. The summed E-state index contributed by atoms with van der Waals surface area (Å²) in [5, 5.41) is 3.01. The quantitative estimate of drug-likeness (QED) is 0.679. The van der Waals surface area contributed by atoms with Crippen molar-refractivity contribution in [3.63, 3.8) is 0 Å². The molecule has 1 aliphatic carbocycles. The van der Waals surface area contributed by atoms with Crippen LogP contribution in [0.4, 0.5) is 23.9 Å². The molecule has 1 aromatic carbocycles. The van der Waals surface area contributed by atoms with Crippen molar-refractivity contribution >= 4 is 27.9 Å². The van der Waals surface area contributed by atoms with Crippen molar-refractivity contribution in [3.8, 4) is 0 Å². The number of amides is 1. The van der Waals surface area contributed by atoms with E-state index in [0.717, 1.165) is 41.8 Å². The summed E-state index contributed by atoms with van der Waals surface area (Å²) < 4.78 is 38.6. The van der Waals surface area contributed by atoms with Crippen molar-refractivity contribution in [2.24, 2.45) is 11.3 Å². The number of nitrogens with two attached hydrogens (primary N) is 1. The van der Waals surface area contributed by atoms with Gasteiger partial charge in [0, 0.05) is 10.6 Å². The lowest BCUT2D eigenvalue weighted by molar-refractivity contribution is -0.137. The Morgan fingerprint density at radius 3 is 2.59 bits per heavy atom. The van der Waals surface area contributed by atoms with Gasteiger partial charge in [0.15, 0.2) is 0 Å². The van der Waals surface area contributed by atoms with E-state index in [2.05, 4.69) is 26.1 Å². The third kappa shape index (κ3) is 4.13. The molecule has 1 amide bonds. The van der Waals surface area contributed by atoms with Gasteiger partial charge in [-0.05, 0) is 54.4 Å². The SMILES string of the molecule is CC(C)(C)[C@H]1CCc2c(sc(N)c2C(=O)Nc2cccc(C(F)(F)F)c2)C1. The second kappa shape index (κ2) is 6.86. The van der Waals surface area contributed by atoms with Gasteiger partial charge in [0.25, 0.3) is 5.91 Å². The zero-order valence-corrected chi connectivity index (χ0v) is 16.4. The van der Waals surface area contributed by atoms with Gasteiger partial charge >= 0.3 is 6.18 Å². The van der Waals surface area contributed by atoms with Gasteiger partial charge in [0.1, 0.15) is 0 Å². The molecule has 0 saturated heterocycles. The molecule has 0 saturated carbocycles. The van der Waals surface area contributed by atoms with E-state index >= 15 is 0 Å². The van der Waals surface area contributed by atoms with Gasteiger partial charge in [-0.25, -0.2) is 0 Å². The molecule has 0 spiro atoms. The van der Waals surface area contributed by atoms with E-state index in [9.17, 15) is 18.0 Å². The minimum Gasteiger partial charge on any atom is -0.390 e. The fourth-order valence-electron chi connectivity index (χ4n) is 3.56. The molecule has 3 rings (SSSR count). The van der Waals surface area contributed by atoms with Gasteiger partial charge in [0.2, 0.25) is 0 Å². The zero-order valence-electron chi connectivity index (χ0n) is 15.5. The van der Waals surface area contributed by atoms with Crippen molar-refractivity contribution in [2.45, 2.75) is 46.2 Å². The number of thiophene rings is 1. The molecule has 0 aliphatic heterocycles. The van der Waals surface area contributed by atoms with Crippen molar-refractivity contribution in [3.05, 3.63) is 45.8 Å². The van der Waals surface area contributed by atoms with Crippen LogP contribution in [-0.2, 0) is 19.0 Å². The maximum Gasteiger partial charge on any atom is 0.416 e.